The first-order chi connectivity index (χ1) is 13.0. The van der Waals surface area contributed by atoms with Gasteiger partial charge in [-0.25, -0.2) is 4.98 Å². The molecule has 1 aliphatic rings. The molecule has 0 radical (unpaired) electrons. The predicted octanol–water partition coefficient (Wildman–Crippen LogP) is 4.18. The highest BCUT2D eigenvalue weighted by Crippen LogP contribution is 2.29. The molecule has 27 heavy (non-hydrogen) atoms. The molecule has 4 heteroatoms. The van der Waals surface area contributed by atoms with Crippen LogP contribution < -0.4 is 0 Å². The third kappa shape index (κ3) is 3.48. The van der Waals surface area contributed by atoms with Gasteiger partial charge in [-0.05, 0) is 56.9 Å². The second-order valence-electron chi connectivity index (χ2n) is 7.92. The van der Waals surface area contributed by atoms with Crippen molar-refractivity contribution in [2.75, 3.05) is 0 Å². The molecule has 1 aliphatic carbocycles. The van der Waals surface area contributed by atoms with E-state index in [0.29, 0.717) is 6.54 Å². The summed E-state index contributed by atoms with van der Waals surface area (Å²) in [5.41, 5.74) is 5.76. The van der Waals surface area contributed by atoms with Crippen LogP contribution in [0.2, 0.25) is 0 Å². The van der Waals surface area contributed by atoms with Crippen LogP contribution in [0.5, 0.6) is 0 Å². The molecule has 0 spiro atoms. The number of hydrogen-bond acceptors (Lipinski definition) is 2. The first kappa shape index (κ1) is 17.8. The number of pyridine rings is 1. The van der Waals surface area contributed by atoms with Crippen molar-refractivity contribution in [3.05, 3.63) is 71.2 Å². The van der Waals surface area contributed by atoms with Crippen molar-refractivity contribution in [3.8, 4) is 0 Å². The molecule has 4 nitrogen and oxygen atoms in total. The summed E-state index contributed by atoms with van der Waals surface area (Å²) in [7, 11) is 0. The molecule has 2 heterocycles. The van der Waals surface area contributed by atoms with Crippen LogP contribution in [0.1, 0.15) is 42.8 Å². The lowest BCUT2D eigenvalue weighted by atomic mass is 9.88. The second kappa shape index (κ2) is 7.18. The van der Waals surface area contributed by atoms with Crippen LogP contribution in [0.3, 0.4) is 0 Å². The quantitative estimate of drug-likeness (QED) is 0.699. The molecule has 0 saturated carbocycles. The van der Waals surface area contributed by atoms with Crippen LogP contribution in [0.25, 0.3) is 5.65 Å². The molecular weight excluding hydrogens is 334 g/mol. The summed E-state index contributed by atoms with van der Waals surface area (Å²) >= 11 is 0. The Bertz CT molecular complexity index is 958. The minimum Gasteiger partial charge on any atom is -0.336 e. The Morgan fingerprint density at radius 3 is 2.78 bits per heavy atom. The number of carbonyl (C=O) groups excluding carboxylic acids is 1. The van der Waals surface area contributed by atoms with E-state index in [2.05, 4.69) is 55.6 Å². The number of imidazole rings is 1. The maximum Gasteiger partial charge on any atom is 0.226 e. The number of aryl methyl sites for hydroxylation is 2. The third-order valence-corrected chi connectivity index (χ3v) is 5.58. The normalized spacial score (nSPS) is 16.5. The van der Waals surface area contributed by atoms with E-state index in [1.165, 1.54) is 16.8 Å². The molecule has 0 aliphatic heterocycles. The van der Waals surface area contributed by atoms with Gasteiger partial charge in [0, 0.05) is 36.8 Å². The number of carbonyl (C=O) groups is 1. The smallest absolute Gasteiger partial charge is 0.226 e. The van der Waals surface area contributed by atoms with Gasteiger partial charge in [-0.1, -0.05) is 30.3 Å². The highest BCUT2D eigenvalue weighted by atomic mass is 16.2. The predicted molar refractivity (Wildman–Crippen MR) is 108 cm³/mol. The zero-order valence-corrected chi connectivity index (χ0v) is 16.4. The third-order valence-electron chi connectivity index (χ3n) is 5.58. The Morgan fingerprint density at radius 1 is 1.26 bits per heavy atom. The van der Waals surface area contributed by atoms with Gasteiger partial charge >= 0.3 is 0 Å². The fraction of sp³-hybridized carbons (Fsp3) is 0.391. The van der Waals surface area contributed by atoms with E-state index in [0.717, 1.165) is 30.6 Å². The van der Waals surface area contributed by atoms with Crippen LogP contribution in [-0.4, -0.2) is 26.2 Å². The van der Waals surface area contributed by atoms with Gasteiger partial charge in [0.2, 0.25) is 5.91 Å². The first-order valence-corrected chi connectivity index (χ1v) is 9.84. The van der Waals surface area contributed by atoms with Gasteiger partial charge in [0.05, 0.1) is 5.69 Å². The zero-order chi connectivity index (χ0) is 19.0. The van der Waals surface area contributed by atoms with Crippen molar-refractivity contribution in [1.29, 1.82) is 0 Å². The molecule has 1 amide bonds. The summed E-state index contributed by atoms with van der Waals surface area (Å²) in [4.78, 5) is 20.2. The standard InChI is InChI=1S/C23H27N3O/c1-16(2)26(15-18-7-5-4-6-8-18)23(27)19-9-10-20-21(14-19)25-12-11-17(3)13-22(25)24-20/h4-8,11-13,16,19H,9-10,14-15H2,1-3H3. The Morgan fingerprint density at radius 2 is 2.04 bits per heavy atom. The molecule has 1 aromatic carbocycles. The van der Waals surface area contributed by atoms with Crippen molar-refractivity contribution in [1.82, 2.24) is 14.3 Å². The summed E-state index contributed by atoms with van der Waals surface area (Å²) in [6, 6.07) is 14.7. The molecule has 1 unspecified atom stereocenters. The summed E-state index contributed by atoms with van der Waals surface area (Å²) in [6.07, 6.45) is 4.63. The average molecular weight is 361 g/mol. The van der Waals surface area contributed by atoms with E-state index in [-0.39, 0.29) is 17.9 Å². The highest BCUT2D eigenvalue weighted by Gasteiger charge is 2.31. The van der Waals surface area contributed by atoms with Crippen molar-refractivity contribution >= 4 is 11.6 Å². The maximum atomic E-state index is 13.4. The topological polar surface area (TPSA) is 37.6 Å². The van der Waals surface area contributed by atoms with E-state index in [1.807, 2.05) is 23.1 Å². The molecular formula is C23H27N3O. The van der Waals surface area contributed by atoms with Crippen molar-refractivity contribution in [2.24, 2.45) is 5.92 Å². The molecule has 0 N–H and O–H groups in total. The van der Waals surface area contributed by atoms with Crippen molar-refractivity contribution < 1.29 is 4.79 Å². The lowest BCUT2D eigenvalue weighted by molar-refractivity contribution is -0.138. The monoisotopic (exact) mass is 361 g/mol. The van der Waals surface area contributed by atoms with Crippen molar-refractivity contribution in [2.45, 2.75) is 52.6 Å². The van der Waals surface area contributed by atoms with E-state index in [4.69, 9.17) is 4.98 Å². The second-order valence-corrected chi connectivity index (χ2v) is 7.92. The lowest BCUT2D eigenvalue weighted by Crippen LogP contribution is -2.42. The van der Waals surface area contributed by atoms with Crippen LogP contribution >= 0.6 is 0 Å². The molecule has 2 aromatic heterocycles. The minimum absolute atomic E-state index is 0.0322. The number of amides is 1. The summed E-state index contributed by atoms with van der Waals surface area (Å²) in [5, 5.41) is 0. The van der Waals surface area contributed by atoms with E-state index in [9.17, 15) is 4.79 Å². The lowest BCUT2D eigenvalue weighted by Gasteiger charge is -2.32. The number of fused-ring (bicyclic) bond motifs is 3. The molecule has 4 rings (SSSR count). The average Bonchev–Trinajstić information content (AvgIpc) is 3.02. The molecule has 3 aromatic rings. The Balaban J connectivity index is 1.58. The number of benzene rings is 1. The van der Waals surface area contributed by atoms with Gasteiger partial charge in [0.25, 0.3) is 0 Å². The highest BCUT2D eigenvalue weighted by molar-refractivity contribution is 5.80. The van der Waals surface area contributed by atoms with Gasteiger partial charge < -0.3 is 9.30 Å². The van der Waals surface area contributed by atoms with Crippen LogP contribution in [0.15, 0.2) is 48.7 Å². The molecule has 140 valence electrons. The summed E-state index contributed by atoms with van der Waals surface area (Å²) in [6.45, 7) is 6.97. The van der Waals surface area contributed by atoms with Crippen LogP contribution in [0.4, 0.5) is 0 Å². The molecule has 0 saturated heterocycles. The molecule has 1 atom stereocenters. The molecule has 0 fully saturated rings. The fourth-order valence-corrected chi connectivity index (χ4v) is 4.05. The van der Waals surface area contributed by atoms with E-state index in [1.54, 1.807) is 0 Å². The van der Waals surface area contributed by atoms with Crippen LogP contribution in [-0.2, 0) is 24.2 Å². The number of hydrogen-bond donors (Lipinski definition) is 0. The number of aromatic nitrogens is 2. The van der Waals surface area contributed by atoms with Gasteiger partial charge in [0.1, 0.15) is 5.65 Å². The van der Waals surface area contributed by atoms with Crippen molar-refractivity contribution in [3.63, 3.8) is 0 Å². The van der Waals surface area contributed by atoms with Gasteiger partial charge in [-0.2, -0.15) is 0 Å². The Kier molecular flexibility index (Phi) is 4.73. The minimum atomic E-state index is 0.0322. The van der Waals surface area contributed by atoms with Gasteiger partial charge in [0.15, 0.2) is 0 Å². The number of nitrogens with zero attached hydrogens (tertiary/aromatic N) is 3. The SMILES string of the molecule is Cc1ccn2c3c(nc2c1)CCC(C(=O)N(Cc1ccccc1)C(C)C)C3. The van der Waals surface area contributed by atoms with E-state index >= 15 is 0 Å². The van der Waals surface area contributed by atoms with E-state index < -0.39 is 0 Å². The van der Waals surface area contributed by atoms with Crippen LogP contribution in [0, 0.1) is 12.8 Å². The molecule has 0 bridgehead atoms. The van der Waals surface area contributed by atoms with Gasteiger partial charge in [-0.3, -0.25) is 4.79 Å². The summed E-state index contributed by atoms with van der Waals surface area (Å²) in [5.74, 6) is 0.298. The Labute approximate surface area is 160 Å². The largest absolute Gasteiger partial charge is 0.336 e. The number of rotatable bonds is 4. The fourth-order valence-electron chi connectivity index (χ4n) is 4.05. The van der Waals surface area contributed by atoms with Gasteiger partial charge in [-0.15, -0.1) is 0 Å². The summed E-state index contributed by atoms with van der Waals surface area (Å²) < 4.78 is 2.17. The first-order valence-electron chi connectivity index (χ1n) is 9.84. The zero-order valence-electron chi connectivity index (χ0n) is 16.4. The maximum absolute atomic E-state index is 13.4. The Hall–Kier alpha value is -2.62.